The molecule has 4 nitrogen and oxygen atoms in total. The Balaban J connectivity index is 2.35. The summed E-state index contributed by atoms with van der Waals surface area (Å²) >= 11 is 0. The number of benzene rings is 1. The van der Waals surface area contributed by atoms with E-state index < -0.39 is 0 Å². The molecule has 0 saturated heterocycles. The van der Waals surface area contributed by atoms with Crippen LogP contribution >= 0.6 is 0 Å². The van der Waals surface area contributed by atoms with Gasteiger partial charge >= 0.3 is 0 Å². The highest BCUT2D eigenvalue weighted by Crippen LogP contribution is 2.34. The number of hydrogen-bond acceptors (Lipinski definition) is 3. The van der Waals surface area contributed by atoms with Gasteiger partial charge in [0.05, 0.1) is 18.4 Å². The predicted molar refractivity (Wildman–Crippen MR) is 69.7 cm³/mol. The van der Waals surface area contributed by atoms with Gasteiger partial charge in [-0.25, -0.2) is 13.9 Å². The highest BCUT2D eigenvalue weighted by Gasteiger charge is 2.16. The Bertz CT molecular complexity index is 752. The predicted octanol–water partition coefficient (Wildman–Crippen LogP) is 2.85. The van der Waals surface area contributed by atoms with Gasteiger partial charge in [-0.3, -0.25) is 0 Å². The minimum Gasteiger partial charge on any atom is -0.496 e. The van der Waals surface area contributed by atoms with Crippen LogP contribution in [0.3, 0.4) is 0 Å². The minimum absolute atomic E-state index is 0.314. The number of aryl methyl sites for hydroxylation is 1. The van der Waals surface area contributed by atoms with E-state index in [0.29, 0.717) is 17.0 Å². The normalized spacial score (nSPS) is 10.9. The maximum absolute atomic E-state index is 13.5. The molecule has 0 radical (unpaired) electrons. The van der Waals surface area contributed by atoms with Crippen molar-refractivity contribution in [2.45, 2.75) is 6.92 Å². The van der Waals surface area contributed by atoms with E-state index in [1.807, 2.05) is 13.1 Å². The topological polar surface area (TPSA) is 39.4 Å². The average molecular weight is 257 g/mol. The molecular weight excluding hydrogens is 245 g/mol. The Labute approximate surface area is 109 Å². The molecule has 0 aliphatic rings. The summed E-state index contributed by atoms with van der Waals surface area (Å²) in [7, 11) is 1.56. The summed E-state index contributed by atoms with van der Waals surface area (Å²) in [6.45, 7) is 1.87. The maximum atomic E-state index is 13.5. The van der Waals surface area contributed by atoms with Crippen LogP contribution < -0.4 is 4.74 Å². The molecule has 0 fully saturated rings. The molecular formula is C14H12FN3O. The summed E-state index contributed by atoms with van der Waals surface area (Å²) in [6.07, 6.45) is 3.50. The lowest BCUT2D eigenvalue weighted by molar-refractivity contribution is 0.415. The van der Waals surface area contributed by atoms with Crippen molar-refractivity contribution < 1.29 is 9.13 Å². The van der Waals surface area contributed by atoms with Gasteiger partial charge in [0.1, 0.15) is 11.6 Å². The van der Waals surface area contributed by atoms with E-state index >= 15 is 0 Å². The molecule has 0 amide bonds. The largest absolute Gasteiger partial charge is 0.496 e. The molecule has 0 saturated carbocycles. The summed E-state index contributed by atoms with van der Waals surface area (Å²) in [5.74, 6) is 0.288. The molecule has 19 heavy (non-hydrogen) atoms. The number of ether oxygens (including phenoxy) is 1. The van der Waals surface area contributed by atoms with E-state index in [1.165, 1.54) is 12.1 Å². The fourth-order valence-corrected chi connectivity index (χ4v) is 2.19. The number of halogens is 1. The number of methoxy groups -OCH3 is 1. The lowest BCUT2D eigenvalue weighted by atomic mass is 10.0. The van der Waals surface area contributed by atoms with Gasteiger partial charge in [0.25, 0.3) is 0 Å². The first kappa shape index (κ1) is 11.6. The quantitative estimate of drug-likeness (QED) is 0.708. The zero-order valence-corrected chi connectivity index (χ0v) is 10.6. The van der Waals surface area contributed by atoms with Gasteiger partial charge in [-0.05, 0) is 31.2 Å². The highest BCUT2D eigenvalue weighted by atomic mass is 19.1. The van der Waals surface area contributed by atoms with Crippen molar-refractivity contribution in [3.8, 4) is 16.9 Å². The molecule has 0 atom stereocenters. The third-order valence-electron chi connectivity index (χ3n) is 3.00. The molecule has 0 N–H and O–H groups in total. The lowest BCUT2D eigenvalue weighted by Crippen LogP contribution is -1.91. The molecule has 0 bridgehead atoms. The molecule has 3 aromatic rings. The van der Waals surface area contributed by atoms with Crippen LogP contribution in [0.1, 0.15) is 5.69 Å². The van der Waals surface area contributed by atoms with Gasteiger partial charge in [0.15, 0.2) is 5.65 Å². The number of nitrogens with zero attached hydrogens (tertiary/aromatic N) is 3. The molecule has 5 heteroatoms. The fourth-order valence-electron chi connectivity index (χ4n) is 2.19. The molecule has 96 valence electrons. The summed E-state index contributed by atoms with van der Waals surface area (Å²) in [4.78, 5) is 4.31. The number of hydrogen-bond donors (Lipinski definition) is 0. The van der Waals surface area contributed by atoms with Crippen molar-refractivity contribution in [3.05, 3.63) is 48.2 Å². The first-order valence-electron chi connectivity index (χ1n) is 5.84. The van der Waals surface area contributed by atoms with Crippen LogP contribution in [0.2, 0.25) is 0 Å². The van der Waals surface area contributed by atoms with Gasteiger partial charge in [0, 0.05) is 18.0 Å². The second kappa shape index (κ2) is 4.35. The first-order valence-corrected chi connectivity index (χ1v) is 5.84. The van der Waals surface area contributed by atoms with Crippen molar-refractivity contribution >= 4 is 5.65 Å². The lowest BCUT2D eigenvalue weighted by Gasteiger charge is -2.07. The molecule has 2 heterocycles. The van der Waals surface area contributed by atoms with Gasteiger partial charge in [-0.2, -0.15) is 5.10 Å². The van der Waals surface area contributed by atoms with E-state index in [9.17, 15) is 4.39 Å². The van der Waals surface area contributed by atoms with E-state index in [-0.39, 0.29) is 5.82 Å². The standard InChI is InChI=1S/C14H12FN3O/c1-9-13(14-16-6-3-7-18(14)17-9)11-8-10(15)4-5-12(11)19-2/h3-8H,1-2H3. The Hall–Kier alpha value is -2.43. The SMILES string of the molecule is COc1ccc(F)cc1-c1c(C)nn2cccnc12. The Kier molecular flexibility index (Phi) is 2.67. The van der Waals surface area contributed by atoms with E-state index in [4.69, 9.17) is 4.74 Å². The van der Waals surface area contributed by atoms with Crippen LogP contribution in [0, 0.1) is 12.7 Å². The van der Waals surface area contributed by atoms with Gasteiger partial charge in [0.2, 0.25) is 0 Å². The van der Waals surface area contributed by atoms with Crippen LogP contribution in [-0.2, 0) is 0 Å². The highest BCUT2D eigenvalue weighted by molar-refractivity contribution is 5.83. The van der Waals surface area contributed by atoms with Crippen molar-refractivity contribution in [2.75, 3.05) is 7.11 Å². The zero-order valence-electron chi connectivity index (χ0n) is 10.6. The van der Waals surface area contributed by atoms with E-state index in [2.05, 4.69) is 10.1 Å². The third-order valence-corrected chi connectivity index (χ3v) is 3.00. The Morgan fingerprint density at radius 2 is 2.16 bits per heavy atom. The van der Waals surface area contributed by atoms with E-state index in [0.717, 1.165) is 11.3 Å². The monoisotopic (exact) mass is 257 g/mol. The summed E-state index contributed by atoms with van der Waals surface area (Å²) in [5.41, 5.74) is 2.91. The zero-order chi connectivity index (χ0) is 13.4. The second-order valence-electron chi connectivity index (χ2n) is 4.19. The van der Waals surface area contributed by atoms with Crippen LogP contribution in [0.25, 0.3) is 16.8 Å². The number of fused-ring (bicyclic) bond motifs is 1. The molecule has 0 aliphatic heterocycles. The molecule has 1 aromatic carbocycles. The van der Waals surface area contributed by atoms with Crippen molar-refractivity contribution in [1.29, 1.82) is 0 Å². The summed E-state index contributed by atoms with van der Waals surface area (Å²) < 4.78 is 20.5. The summed E-state index contributed by atoms with van der Waals surface area (Å²) in [5, 5.41) is 4.37. The smallest absolute Gasteiger partial charge is 0.163 e. The molecule has 0 aliphatic carbocycles. The fraction of sp³-hybridized carbons (Fsp3) is 0.143. The van der Waals surface area contributed by atoms with Crippen LogP contribution in [0.15, 0.2) is 36.7 Å². The van der Waals surface area contributed by atoms with Gasteiger partial charge in [-0.1, -0.05) is 0 Å². The average Bonchev–Trinajstić information content (AvgIpc) is 2.74. The van der Waals surface area contributed by atoms with Crippen molar-refractivity contribution in [1.82, 2.24) is 14.6 Å². The Morgan fingerprint density at radius 3 is 2.95 bits per heavy atom. The molecule has 3 rings (SSSR count). The molecule has 2 aromatic heterocycles. The minimum atomic E-state index is -0.314. The third kappa shape index (κ3) is 1.83. The molecule has 0 unspecified atom stereocenters. The van der Waals surface area contributed by atoms with Crippen LogP contribution in [-0.4, -0.2) is 21.7 Å². The number of rotatable bonds is 2. The van der Waals surface area contributed by atoms with E-state index in [1.54, 1.807) is 30.0 Å². The van der Waals surface area contributed by atoms with Gasteiger partial charge in [-0.15, -0.1) is 0 Å². The van der Waals surface area contributed by atoms with Crippen molar-refractivity contribution in [2.24, 2.45) is 0 Å². The molecule has 0 spiro atoms. The first-order chi connectivity index (χ1) is 9.20. The van der Waals surface area contributed by atoms with Crippen molar-refractivity contribution in [3.63, 3.8) is 0 Å². The summed E-state index contributed by atoms with van der Waals surface area (Å²) in [6, 6.07) is 6.22. The van der Waals surface area contributed by atoms with Gasteiger partial charge < -0.3 is 4.74 Å². The maximum Gasteiger partial charge on any atom is 0.163 e. The number of aromatic nitrogens is 3. The second-order valence-corrected chi connectivity index (χ2v) is 4.19. The van der Waals surface area contributed by atoms with Crippen LogP contribution in [0.4, 0.5) is 4.39 Å². The Morgan fingerprint density at radius 1 is 1.32 bits per heavy atom. The van der Waals surface area contributed by atoms with Crippen LogP contribution in [0.5, 0.6) is 5.75 Å².